The third kappa shape index (κ3) is 6.74. The number of amidine groups is 1. The van der Waals surface area contributed by atoms with Crippen LogP contribution < -0.4 is 15.8 Å². The number of carbonyl (C=O) groups excluding carboxylic acids is 2. The van der Waals surface area contributed by atoms with Crippen LogP contribution in [0, 0.1) is 5.41 Å². The molecule has 1 unspecified atom stereocenters. The van der Waals surface area contributed by atoms with Crippen LogP contribution in [0.3, 0.4) is 0 Å². The number of carboxylic acids is 2. The number of carbonyl (C=O) groups is 4. The van der Waals surface area contributed by atoms with Crippen molar-refractivity contribution in [3.05, 3.63) is 29.3 Å². The molecule has 2 aliphatic heterocycles. The third-order valence-electron chi connectivity index (χ3n) is 5.58. The molecule has 3 rings (SSSR count). The van der Waals surface area contributed by atoms with Crippen LogP contribution in [0.25, 0.3) is 0 Å². The predicted octanol–water partition coefficient (Wildman–Crippen LogP) is 0.967. The molecule has 1 fully saturated rings. The average molecular weight is 532 g/mol. The van der Waals surface area contributed by atoms with Crippen LogP contribution in [0.4, 0.5) is 13.2 Å². The molecule has 204 valence electrons. The summed E-state index contributed by atoms with van der Waals surface area (Å²) in [5, 5.41) is 28.0. The fourth-order valence-electron chi connectivity index (χ4n) is 3.74. The number of rotatable bonds is 7. The fourth-order valence-corrected chi connectivity index (χ4v) is 3.74. The maximum Gasteiger partial charge on any atom is 0.490 e. The molecule has 1 amide bonds. The van der Waals surface area contributed by atoms with Crippen LogP contribution >= 0.6 is 0 Å². The van der Waals surface area contributed by atoms with E-state index in [2.05, 4.69) is 5.32 Å². The lowest BCUT2D eigenvalue weighted by Gasteiger charge is -2.41. The number of halogens is 3. The van der Waals surface area contributed by atoms with Gasteiger partial charge >= 0.3 is 23.8 Å². The van der Waals surface area contributed by atoms with Gasteiger partial charge in [-0.05, 0) is 38.1 Å². The van der Waals surface area contributed by atoms with Gasteiger partial charge in [-0.25, -0.2) is 9.59 Å². The van der Waals surface area contributed by atoms with Crippen LogP contribution in [0.2, 0.25) is 0 Å². The van der Waals surface area contributed by atoms with Gasteiger partial charge in [-0.15, -0.1) is 0 Å². The van der Waals surface area contributed by atoms with Crippen LogP contribution in [0.15, 0.2) is 18.2 Å². The second kappa shape index (κ2) is 12.0. The number of nitrogen functional groups attached to an aromatic ring is 1. The lowest BCUT2D eigenvalue weighted by molar-refractivity contribution is -0.206. The predicted molar refractivity (Wildman–Crippen MR) is 120 cm³/mol. The number of hydrogen-bond donors (Lipinski definition) is 5. The van der Waals surface area contributed by atoms with E-state index in [9.17, 15) is 32.7 Å². The number of hydrogen-bond acceptors (Lipinski definition) is 8. The normalized spacial score (nSPS) is 17.7. The minimum atomic E-state index is -5.08. The number of benzene rings is 1. The van der Waals surface area contributed by atoms with Gasteiger partial charge in [-0.2, -0.15) is 13.2 Å². The lowest BCUT2D eigenvalue weighted by atomic mass is 10.00. The average Bonchev–Trinajstić information content (AvgIpc) is 3.00. The number of aliphatic carboxylic acids is 2. The number of fused-ring (bicyclic) bond motifs is 1. The van der Waals surface area contributed by atoms with Gasteiger partial charge in [-0.3, -0.25) is 19.9 Å². The molecule has 1 atom stereocenters. The molecule has 0 bridgehead atoms. The molecule has 0 radical (unpaired) electrons. The quantitative estimate of drug-likeness (QED) is 0.192. The first kappa shape index (κ1) is 29.5. The zero-order chi connectivity index (χ0) is 28.0. The molecule has 12 nitrogen and oxygen atoms in total. The summed E-state index contributed by atoms with van der Waals surface area (Å²) in [5.74, 6) is -5.68. The highest BCUT2D eigenvalue weighted by Gasteiger charge is 2.56. The summed E-state index contributed by atoms with van der Waals surface area (Å²) < 4.78 is 43.3. The van der Waals surface area contributed by atoms with E-state index < -0.39 is 41.6 Å². The Bertz CT molecular complexity index is 1060. The lowest BCUT2D eigenvalue weighted by Crippen LogP contribution is -2.65. The van der Waals surface area contributed by atoms with Crippen LogP contribution in [-0.2, 0) is 19.1 Å². The van der Waals surface area contributed by atoms with Gasteiger partial charge in [0.15, 0.2) is 5.78 Å². The molecule has 1 aromatic rings. The summed E-state index contributed by atoms with van der Waals surface area (Å²) >= 11 is 0. The van der Waals surface area contributed by atoms with Gasteiger partial charge in [0.05, 0.1) is 18.2 Å². The number of piperidine rings is 1. The van der Waals surface area contributed by atoms with Crippen molar-refractivity contribution in [3.8, 4) is 5.75 Å². The van der Waals surface area contributed by atoms with E-state index in [0.29, 0.717) is 31.5 Å². The van der Waals surface area contributed by atoms with Crippen molar-refractivity contribution >= 4 is 29.5 Å². The van der Waals surface area contributed by atoms with Gasteiger partial charge in [-0.1, -0.05) is 13.0 Å². The molecule has 0 saturated carbocycles. The van der Waals surface area contributed by atoms with E-state index in [0.717, 1.165) is 4.90 Å². The number of ketones is 1. The number of alkyl halides is 3. The molecular weight excluding hydrogens is 505 g/mol. The van der Waals surface area contributed by atoms with Gasteiger partial charge in [0.2, 0.25) is 0 Å². The van der Waals surface area contributed by atoms with Crippen molar-refractivity contribution in [1.29, 1.82) is 5.41 Å². The van der Waals surface area contributed by atoms with Crippen molar-refractivity contribution < 1.29 is 52.0 Å². The Labute approximate surface area is 209 Å². The SMILES string of the molecule is CCC(=O)C(OC1CCNCC1)(C(=O)O)N1CCOc2cc(C(=N)N)ccc2C1=O.O=C(O)C(F)(F)F. The fraction of sp³-hybridized carbons (Fsp3) is 0.500. The molecule has 37 heavy (non-hydrogen) atoms. The van der Waals surface area contributed by atoms with E-state index in [1.165, 1.54) is 25.1 Å². The zero-order valence-electron chi connectivity index (χ0n) is 19.8. The Morgan fingerprint density at radius 1 is 1.22 bits per heavy atom. The maximum absolute atomic E-state index is 13.4. The monoisotopic (exact) mass is 532 g/mol. The molecular formula is C22H27F3N4O8. The molecule has 0 aliphatic carbocycles. The van der Waals surface area contributed by atoms with E-state index in [1.54, 1.807) is 0 Å². The topological polar surface area (TPSA) is 192 Å². The molecule has 2 aliphatic rings. The minimum Gasteiger partial charge on any atom is -0.491 e. The second-order valence-corrected chi connectivity index (χ2v) is 8.03. The summed E-state index contributed by atoms with van der Waals surface area (Å²) in [6.07, 6.45) is -4.61. The van der Waals surface area contributed by atoms with Gasteiger partial charge < -0.3 is 30.7 Å². The van der Waals surface area contributed by atoms with Crippen LogP contribution in [0.5, 0.6) is 5.75 Å². The van der Waals surface area contributed by atoms with E-state index in [-0.39, 0.29) is 36.7 Å². The van der Waals surface area contributed by atoms with Gasteiger partial charge in [0.25, 0.3) is 5.91 Å². The zero-order valence-corrected chi connectivity index (χ0v) is 19.8. The first-order valence-corrected chi connectivity index (χ1v) is 11.1. The Morgan fingerprint density at radius 3 is 2.30 bits per heavy atom. The van der Waals surface area contributed by atoms with Crippen molar-refractivity contribution in [3.63, 3.8) is 0 Å². The highest BCUT2D eigenvalue weighted by atomic mass is 19.4. The first-order valence-electron chi connectivity index (χ1n) is 11.1. The molecule has 1 aromatic carbocycles. The van der Waals surface area contributed by atoms with Crippen LogP contribution in [-0.4, -0.2) is 88.8 Å². The summed E-state index contributed by atoms with van der Waals surface area (Å²) in [4.78, 5) is 48.7. The van der Waals surface area contributed by atoms with Crippen molar-refractivity contribution in [2.75, 3.05) is 26.2 Å². The van der Waals surface area contributed by atoms with Crippen molar-refractivity contribution in [2.24, 2.45) is 5.73 Å². The molecule has 6 N–H and O–H groups in total. The summed E-state index contributed by atoms with van der Waals surface area (Å²) in [6, 6.07) is 4.35. The highest BCUT2D eigenvalue weighted by molar-refractivity contribution is 6.11. The number of ether oxygens (including phenoxy) is 2. The Morgan fingerprint density at radius 2 is 1.81 bits per heavy atom. The van der Waals surface area contributed by atoms with Crippen LogP contribution in [0.1, 0.15) is 42.1 Å². The molecule has 15 heteroatoms. The number of carboxylic acid groups (broad SMARTS) is 2. The van der Waals surface area contributed by atoms with E-state index in [1.807, 2.05) is 0 Å². The van der Waals surface area contributed by atoms with Crippen molar-refractivity contribution in [1.82, 2.24) is 10.2 Å². The number of amides is 1. The molecule has 1 saturated heterocycles. The number of nitrogens with two attached hydrogens (primary N) is 1. The molecule has 0 aromatic heterocycles. The Hall–Kier alpha value is -3.72. The largest absolute Gasteiger partial charge is 0.491 e. The third-order valence-corrected chi connectivity index (χ3v) is 5.58. The standard InChI is InChI=1S/C20H26N4O6.C2HF3O2/c1-2-16(25)20(19(27)28,30-13-5-7-23-8-6-13)24-9-10-29-15-11-12(17(21)22)3-4-14(15)18(24)26;3-2(4,5)1(6)7/h3-4,11,13,23H,2,5-10H2,1H3,(H3,21,22)(H,27,28);(H,6,7). The van der Waals surface area contributed by atoms with Gasteiger partial charge in [0.1, 0.15) is 18.2 Å². The Balaban J connectivity index is 0.000000604. The maximum atomic E-state index is 13.4. The first-order chi connectivity index (χ1) is 17.2. The summed E-state index contributed by atoms with van der Waals surface area (Å²) in [5.41, 5.74) is 3.53. The number of nitrogens with one attached hydrogen (secondary N) is 2. The number of nitrogens with zero attached hydrogens (tertiary/aromatic N) is 1. The van der Waals surface area contributed by atoms with Gasteiger partial charge in [0, 0.05) is 12.0 Å². The Kier molecular flexibility index (Phi) is 9.58. The highest BCUT2D eigenvalue weighted by Crippen LogP contribution is 2.32. The second-order valence-electron chi connectivity index (χ2n) is 8.03. The molecule has 2 heterocycles. The number of Topliss-reactive ketones (excluding diaryl/α,β-unsaturated/α-hetero) is 1. The van der Waals surface area contributed by atoms with E-state index >= 15 is 0 Å². The minimum absolute atomic E-state index is 0.0400. The summed E-state index contributed by atoms with van der Waals surface area (Å²) in [6.45, 7) is 2.62. The summed E-state index contributed by atoms with van der Waals surface area (Å²) in [7, 11) is 0. The smallest absolute Gasteiger partial charge is 0.490 e. The molecule has 0 spiro atoms. The van der Waals surface area contributed by atoms with E-state index in [4.69, 9.17) is 30.5 Å². The van der Waals surface area contributed by atoms with Crippen molar-refractivity contribution in [2.45, 2.75) is 44.2 Å².